The molecular weight excluding hydrogens is 677 g/mol. The maximum Gasteiger partial charge on any atom is 0.290 e. The first kappa shape index (κ1) is 43.4. The van der Waals surface area contributed by atoms with E-state index < -0.39 is 6.04 Å². The molecule has 4 aromatic rings. The van der Waals surface area contributed by atoms with E-state index in [1.807, 2.05) is 104 Å². The van der Waals surface area contributed by atoms with Crippen LogP contribution in [0.5, 0.6) is 5.75 Å². The Balaban J connectivity index is 0.00000149. The molecule has 0 spiro atoms. The standard InChI is InChI=1S/C42H52N4O3.C2H6.CH2O2/c1-5-6-7-8-12-27-49-37-23-19-32(20-24-37)35-29-43-39(44-30-35)33-15-13-31(14-16-33)28-38(41(48)46-25-10-9-11-26-46)45-40(47)34-17-21-36(22-18-34)42(2,3)4;1-2;2-1-3/h13-24,29-30,38H,5-12,25-28H2,1-4H3,(H,45,47);1-2H3;1H,(H,2,3). The number of amides is 2. The van der Waals surface area contributed by atoms with Gasteiger partial charge >= 0.3 is 0 Å². The summed E-state index contributed by atoms with van der Waals surface area (Å²) in [5, 5.41) is 9.95. The van der Waals surface area contributed by atoms with Crippen LogP contribution in [0.15, 0.2) is 85.2 Å². The van der Waals surface area contributed by atoms with Crippen LogP contribution >= 0.6 is 0 Å². The van der Waals surface area contributed by atoms with E-state index in [1.165, 1.54) is 25.7 Å². The van der Waals surface area contributed by atoms with Gasteiger partial charge in [0.2, 0.25) is 5.91 Å². The molecule has 1 aliphatic heterocycles. The Hall–Kier alpha value is -5.05. The van der Waals surface area contributed by atoms with Gasteiger partial charge in [-0.3, -0.25) is 14.4 Å². The zero-order valence-corrected chi connectivity index (χ0v) is 33.1. The smallest absolute Gasteiger partial charge is 0.290 e. The van der Waals surface area contributed by atoms with E-state index in [0.29, 0.717) is 17.8 Å². The Bertz CT molecular complexity index is 1680. The highest BCUT2D eigenvalue weighted by Gasteiger charge is 2.28. The van der Waals surface area contributed by atoms with Crippen molar-refractivity contribution in [2.45, 2.75) is 111 Å². The molecule has 290 valence electrons. The SMILES string of the molecule is CC.CCCCCCCOc1ccc(-c2cnc(-c3ccc(CC(NC(=O)c4ccc(C(C)(C)C)cc4)C(=O)N4CCCCC4)cc3)nc2)cc1.O=CO. The van der Waals surface area contributed by atoms with Gasteiger partial charge in [-0.25, -0.2) is 9.97 Å². The minimum atomic E-state index is -0.656. The largest absolute Gasteiger partial charge is 0.494 e. The quantitative estimate of drug-likeness (QED) is 0.0977. The summed E-state index contributed by atoms with van der Waals surface area (Å²) in [7, 11) is 0. The third kappa shape index (κ3) is 13.7. The fraction of sp³-hybridized carbons (Fsp3) is 0.444. The molecule has 9 heteroatoms. The maximum atomic E-state index is 13.7. The van der Waals surface area contributed by atoms with Gasteiger partial charge < -0.3 is 20.1 Å². The number of ether oxygens (including phenoxy) is 1. The molecule has 2 N–H and O–H groups in total. The summed E-state index contributed by atoms with van der Waals surface area (Å²) in [6.45, 7) is 14.6. The van der Waals surface area contributed by atoms with Gasteiger partial charge in [0.1, 0.15) is 11.8 Å². The van der Waals surface area contributed by atoms with Gasteiger partial charge in [-0.2, -0.15) is 0 Å². The van der Waals surface area contributed by atoms with E-state index in [2.05, 4.69) is 43.0 Å². The lowest BCUT2D eigenvalue weighted by atomic mass is 9.86. The maximum absolute atomic E-state index is 13.7. The number of unbranched alkanes of at least 4 members (excludes halogenated alkanes) is 4. The summed E-state index contributed by atoms with van der Waals surface area (Å²) >= 11 is 0. The van der Waals surface area contributed by atoms with Crippen LogP contribution in [0, 0.1) is 0 Å². The van der Waals surface area contributed by atoms with E-state index in [4.69, 9.17) is 14.6 Å². The van der Waals surface area contributed by atoms with E-state index in [-0.39, 0.29) is 23.7 Å². The average molecular weight is 737 g/mol. The number of carbonyl (C=O) groups excluding carboxylic acids is 2. The first-order chi connectivity index (χ1) is 26.1. The van der Waals surface area contributed by atoms with Gasteiger partial charge in [0.25, 0.3) is 12.4 Å². The van der Waals surface area contributed by atoms with Crippen LogP contribution in [0.1, 0.15) is 114 Å². The summed E-state index contributed by atoms with van der Waals surface area (Å²) in [6.07, 6.45) is 13.3. The van der Waals surface area contributed by atoms with Gasteiger partial charge in [-0.05, 0) is 72.1 Å². The van der Waals surface area contributed by atoms with Crippen LogP contribution in [0.25, 0.3) is 22.5 Å². The van der Waals surface area contributed by atoms with Crippen molar-refractivity contribution in [3.8, 4) is 28.3 Å². The van der Waals surface area contributed by atoms with Crippen molar-refractivity contribution in [2.75, 3.05) is 19.7 Å². The molecule has 3 aromatic carbocycles. The summed E-state index contributed by atoms with van der Waals surface area (Å²) in [5.74, 6) is 1.25. The minimum absolute atomic E-state index is 0.00424. The van der Waals surface area contributed by atoms with Crippen LogP contribution in [-0.2, 0) is 21.4 Å². The van der Waals surface area contributed by atoms with Crippen LogP contribution in [-0.4, -0.2) is 64.0 Å². The van der Waals surface area contributed by atoms with Crippen molar-refractivity contribution in [3.05, 3.63) is 102 Å². The van der Waals surface area contributed by atoms with Crippen molar-refractivity contribution in [2.24, 2.45) is 0 Å². The Labute approximate surface area is 322 Å². The average Bonchev–Trinajstić information content (AvgIpc) is 3.20. The predicted octanol–water partition coefficient (Wildman–Crippen LogP) is 9.54. The normalized spacial score (nSPS) is 13.0. The molecule has 0 saturated carbocycles. The third-order valence-corrected chi connectivity index (χ3v) is 9.29. The van der Waals surface area contributed by atoms with Gasteiger partial charge in [-0.15, -0.1) is 0 Å². The van der Waals surface area contributed by atoms with Crippen LogP contribution in [0.2, 0.25) is 0 Å². The van der Waals surface area contributed by atoms with Crippen molar-refractivity contribution in [1.29, 1.82) is 0 Å². The number of piperidine rings is 1. The molecule has 1 aromatic heterocycles. The number of carboxylic acid groups (broad SMARTS) is 1. The van der Waals surface area contributed by atoms with Crippen LogP contribution < -0.4 is 10.1 Å². The first-order valence-electron chi connectivity index (χ1n) is 19.6. The van der Waals surface area contributed by atoms with Crippen LogP contribution in [0.3, 0.4) is 0 Å². The Morgan fingerprint density at radius 3 is 1.96 bits per heavy atom. The topological polar surface area (TPSA) is 122 Å². The summed E-state index contributed by atoms with van der Waals surface area (Å²) in [6, 6.07) is 23.1. The second-order valence-corrected chi connectivity index (χ2v) is 14.3. The molecule has 0 radical (unpaired) electrons. The van der Waals surface area contributed by atoms with Crippen LogP contribution in [0.4, 0.5) is 0 Å². The molecule has 1 saturated heterocycles. The molecule has 0 aliphatic carbocycles. The van der Waals surface area contributed by atoms with Crippen molar-refractivity contribution in [3.63, 3.8) is 0 Å². The first-order valence-corrected chi connectivity index (χ1v) is 19.6. The molecule has 1 aliphatic rings. The van der Waals surface area contributed by atoms with Gasteiger partial charge in [0, 0.05) is 48.6 Å². The third-order valence-electron chi connectivity index (χ3n) is 9.29. The number of rotatable bonds is 14. The van der Waals surface area contributed by atoms with E-state index in [9.17, 15) is 9.59 Å². The number of hydrogen-bond acceptors (Lipinski definition) is 6. The number of nitrogens with zero attached hydrogens (tertiary/aromatic N) is 3. The van der Waals surface area contributed by atoms with E-state index in [0.717, 1.165) is 78.9 Å². The summed E-state index contributed by atoms with van der Waals surface area (Å²) < 4.78 is 5.91. The van der Waals surface area contributed by atoms with Gasteiger partial charge in [0.15, 0.2) is 5.82 Å². The molecule has 1 atom stereocenters. The number of aromatic nitrogens is 2. The summed E-state index contributed by atoms with van der Waals surface area (Å²) in [4.78, 5) is 46.6. The fourth-order valence-electron chi connectivity index (χ4n) is 6.19. The summed E-state index contributed by atoms with van der Waals surface area (Å²) in [5.41, 5.74) is 5.53. The highest BCUT2D eigenvalue weighted by Crippen LogP contribution is 2.25. The fourth-order valence-corrected chi connectivity index (χ4v) is 6.19. The number of hydrogen-bond donors (Lipinski definition) is 2. The Kier molecular flexibility index (Phi) is 18.4. The Morgan fingerprint density at radius 2 is 1.39 bits per heavy atom. The highest BCUT2D eigenvalue weighted by atomic mass is 16.5. The number of carbonyl (C=O) groups is 3. The molecule has 0 bridgehead atoms. The lowest BCUT2D eigenvalue weighted by Crippen LogP contribution is -2.51. The van der Waals surface area contributed by atoms with Crippen molar-refractivity contribution in [1.82, 2.24) is 20.2 Å². The second-order valence-electron chi connectivity index (χ2n) is 14.3. The molecule has 2 heterocycles. The lowest BCUT2D eigenvalue weighted by molar-refractivity contribution is -0.134. The molecule has 5 rings (SSSR count). The number of likely N-dealkylation sites (tertiary alicyclic amines) is 1. The molecule has 2 amide bonds. The van der Waals surface area contributed by atoms with E-state index in [1.54, 1.807) is 0 Å². The number of benzene rings is 3. The lowest BCUT2D eigenvalue weighted by Gasteiger charge is -2.31. The molecule has 1 fully saturated rings. The molecule has 54 heavy (non-hydrogen) atoms. The van der Waals surface area contributed by atoms with Gasteiger partial charge in [-0.1, -0.05) is 116 Å². The van der Waals surface area contributed by atoms with E-state index >= 15 is 0 Å². The van der Waals surface area contributed by atoms with Crippen molar-refractivity contribution < 1.29 is 24.2 Å². The zero-order valence-electron chi connectivity index (χ0n) is 33.1. The Morgan fingerprint density at radius 1 is 0.815 bits per heavy atom. The molecular formula is C45H60N4O5. The zero-order chi connectivity index (χ0) is 39.3. The van der Waals surface area contributed by atoms with Gasteiger partial charge in [0.05, 0.1) is 6.61 Å². The van der Waals surface area contributed by atoms with Crippen molar-refractivity contribution >= 4 is 18.3 Å². The predicted molar refractivity (Wildman–Crippen MR) is 218 cm³/mol. The monoisotopic (exact) mass is 736 g/mol. The highest BCUT2D eigenvalue weighted by molar-refractivity contribution is 5.97. The number of nitrogens with one attached hydrogen (secondary N) is 1. The molecule has 9 nitrogen and oxygen atoms in total. The molecule has 1 unspecified atom stereocenters. The minimum Gasteiger partial charge on any atom is -0.494 e. The second kappa shape index (κ2) is 22.9.